The molecule has 0 N–H and O–H groups in total. The molecule has 4 aromatic carbocycles. The van der Waals surface area contributed by atoms with Crippen LogP contribution >= 0.6 is 17.0 Å². The Bertz CT molecular complexity index is 2030. The van der Waals surface area contributed by atoms with E-state index in [0.717, 1.165) is 0 Å². The van der Waals surface area contributed by atoms with Crippen LogP contribution in [-0.2, 0) is 21.0 Å². The Morgan fingerprint density at radius 1 is 0.596 bits per heavy atom. The normalized spacial score (nSPS) is 21.8. The van der Waals surface area contributed by atoms with Gasteiger partial charge in [0.2, 0.25) is 0 Å². The summed E-state index contributed by atoms with van der Waals surface area (Å²) in [6.07, 6.45) is 17.0. The van der Waals surface area contributed by atoms with Crippen molar-refractivity contribution in [2.24, 2.45) is 5.92 Å². The summed E-state index contributed by atoms with van der Waals surface area (Å²) in [6, 6.07) is 32.9. The quantitative estimate of drug-likeness (QED) is 0.163. The van der Waals surface area contributed by atoms with Gasteiger partial charge >= 0.3 is 325 Å². The van der Waals surface area contributed by atoms with Gasteiger partial charge < -0.3 is 0 Å². The molecule has 0 radical (unpaired) electrons. The van der Waals surface area contributed by atoms with Gasteiger partial charge in [0.15, 0.2) is 0 Å². The van der Waals surface area contributed by atoms with E-state index in [4.69, 9.17) is 17.0 Å². The third kappa shape index (κ3) is 6.19. The Hall–Kier alpha value is -1.96. The van der Waals surface area contributed by atoms with Gasteiger partial charge in [-0.2, -0.15) is 0 Å². The number of hydrogen-bond acceptors (Lipinski definition) is 0. The zero-order valence-electron chi connectivity index (χ0n) is 32.2. The Morgan fingerprint density at radius 2 is 1.10 bits per heavy atom. The Kier molecular flexibility index (Phi) is 9.93. The van der Waals surface area contributed by atoms with E-state index in [1.807, 2.05) is 0 Å². The molecule has 4 heteroatoms. The molecule has 0 aromatic heterocycles. The van der Waals surface area contributed by atoms with Crippen molar-refractivity contribution in [1.82, 2.24) is 0 Å². The van der Waals surface area contributed by atoms with E-state index in [9.17, 15) is 0 Å². The molecular weight excluding hydrogens is 767 g/mol. The third-order valence-electron chi connectivity index (χ3n) is 13.8. The molecule has 0 nitrogen and oxygen atoms in total. The summed E-state index contributed by atoms with van der Waals surface area (Å²) in [5.74, 6) is -0.352. The second-order valence-corrected chi connectivity index (χ2v) is 60.7. The fourth-order valence-corrected chi connectivity index (χ4v) is 42.8. The number of hydrogen-bond donors (Lipinski definition) is 0. The van der Waals surface area contributed by atoms with Crippen molar-refractivity contribution in [3.8, 4) is 22.3 Å². The SMILES string of the molecule is CC1=Cc2c(-c3ccc(C4CCCCC4)cc3)cccc2[CH]1[Zr]([Cl])([Cl])([CH]1C(C2CCCC2)=Cc2c(-c3ccc(C(C)(C)C)cc3)cccc21)[SiH](C)C. The van der Waals surface area contributed by atoms with Gasteiger partial charge in [-0.15, -0.1) is 0 Å². The van der Waals surface area contributed by atoms with Crippen molar-refractivity contribution in [2.45, 2.75) is 117 Å². The first-order chi connectivity index (χ1) is 24.9. The van der Waals surface area contributed by atoms with Gasteiger partial charge in [0, 0.05) is 0 Å². The molecule has 0 heterocycles. The fourth-order valence-electron chi connectivity index (χ4n) is 10.8. The molecule has 0 amide bonds. The zero-order chi connectivity index (χ0) is 36.4. The van der Waals surface area contributed by atoms with Crippen molar-refractivity contribution >= 4 is 35.1 Å². The molecule has 2 unspecified atom stereocenters. The van der Waals surface area contributed by atoms with Crippen LogP contribution in [0.15, 0.2) is 96.1 Å². The summed E-state index contributed by atoms with van der Waals surface area (Å²) in [5.41, 5.74) is 16.7. The molecule has 4 aliphatic rings. The molecule has 271 valence electrons. The van der Waals surface area contributed by atoms with Crippen LogP contribution in [0.2, 0.25) is 13.1 Å². The summed E-state index contributed by atoms with van der Waals surface area (Å²) in [4.78, 5) is 0. The maximum atomic E-state index is 8.80. The monoisotopic (exact) mass is 821 g/mol. The number of fused-ring (bicyclic) bond motifs is 2. The van der Waals surface area contributed by atoms with Crippen LogP contribution in [0, 0.1) is 5.92 Å². The minimum atomic E-state index is -4.84. The predicted octanol–water partition coefficient (Wildman–Crippen LogP) is 15.1. The van der Waals surface area contributed by atoms with Gasteiger partial charge in [-0.25, -0.2) is 0 Å². The molecule has 0 saturated heterocycles. The van der Waals surface area contributed by atoms with Crippen LogP contribution in [0.25, 0.3) is 34.4 Å². The van der Waals surface area contributed by atoms with Crippen molar-refractivity contribution in [2.75, 3.05) is 0 Å². The summed E-state index contributed by atoms with van der Waals surface area (Å²) in [7, 11) is 17.6. The van der Waals surface area contributed by atoms with Crippen LogP contribution in [0.1, 0.15) is 132 Å². The summed E-state index contributed by atoms with van der Waals surface area (Å²) in [6.45, 7) is 14.2. The molecular formula is C48H57Cl2SiZr. The predicted molar refractivity (Wildman–Crippen MR) is 228 cm³/mol. The van der Waals surface area contributed by atoms with Gasteiger partial charge in [-0.3, -0.25) is 0 Å². The molecule has 4 aromatic rings. The van der Waals surface area contributed by atoms with Gasteiger partial charge in [0.25, 0.3) is 0 Å². The van der Waals surface area contributed by atoms with Crippen LogP contribution in [-0.4, -0.2) is 5.92 Å². The minimum absolute atomic E-state index is 0.114. The average molecular weight is 824 g/mol. The molecule has 2 atom stereocenters. The number of rotatable bonds is 7. The molecule has 2 fully saturated rings. The number of benzene rings is 4. The van der Waals surface area contributed by atoms with E-state index >= 15 is 0 Å². The van der Waals surface area contributed by atoms with E-state index in [1.165, 1.54) is 119 Å². The molecule has 2 saturated carbocycles. The first-order valence-electron chi connectivity index (χ1n) is 20.3. The molecule has 4 aliphatic carbocycles. The van der Waals surface area contributed by atoms with E-state index in [-0.39, 0.29) is 12.7 Å². The third-order valence-corrected chi connectivity index (χ3v) is 65.7. The topological polar surface area (TPSA) is 0 Å². The second kappa shape index (κ2) is 14.0. The summed E-state index contributed by atoms with van der Waals surface area (Å²) in [5, 5.41) is 0. The van der Waals surface area contributed by atoms with E-state index < -0.39 is 21.5 Å². The van der Waals surface area contributed by atoms with Crippen LogP contribution in [0.4, 0.5) is 0 Å². The Balaban J connectivity index is 1.24. The second-order valence-electron chi connectivity index (χ2n) is 18.2. The first kappa shape index (κ1) is 37.0. The standard InChI is InChI=1S/C24H27.C22H23.C2H7Si.2ClH.Zr/c1-24(2,3)21-13-11-18(12-14-21)22-10-6-9-19-15-20(16-23(19)22)17-7-4-5-8-17;1-16-14-20-8-5-9-21(22(20)15-16)19-12-10-18(11-13-19)17-6-3-2-4-7-17;1-3-2;;;/h6,9-17H,4-5,7-8H2,1-3H3;5,8-15,17H,2-4,6-7H2,1H3;3H,1-2H3;2*1H;/q;;;;;+2/p-2. The Morgan fingerprint density at radius 3 is 1.65 bits per heavy atom. The van der Waals surface area contributed by atoms with Gasteiger partial charge in [0.05, 0.1) is 0 Å². The van der Waals surface area contributed by atoms with Crippen molar-refractivity contribution in [3.63, 3.8) is 0 Å². The van der Waals surface area contributed by atoms with Gasteiger partial charge in [0.1, 0.15) is 0 Å². The van der Waals surface area contributed by atoms with Crippen molar-refractivity contribution in [3.05, 3.63) is 129 Å². The van der Waals surface area contributed by atoms with Gasteiger partial charge in [-0.1, -0.05) is 0 Å². The van der Waals surface area contributed by atoms with Crippen LogP contribution in [0.5, 0.6) is 0 Å². The number of halogens is 2. The Labute approximate surface area is 322 Å². The molecule has 0 spiro atoms. The molecule has 0 bridgehead atoms. The number of allylic oxidation sites excluding steroid dienone is 2. The van der Waals surface area contributed by atoms with Crippen LogP contribution < -0.4 is 0 Å². The molecule has 52 heavy (non-hydrogen) atoms. The van der Waals surface area contributed by atoms with Gasteiger partial charge in [-0.05, 0) is 0 Å². The maximum absolute atomic E-state index is 8.80. The zero-order valence-corrected chi connectivity index (χ0v) is 37.4. The van der Waals surface area contributed by atoms with E-state index in [0.29, 0.717) is 11.8 Å². The fraction of sp³-hybridized carbons (Fsp3) is 0.417. The summed E-state index contributed by atoms with van der Waals surface area (Å²) >= 11 is -4.84. The first-order valence-corrected chi connectivity index (χ1v) is 36.6. The summed E-state index contributed by atoms with van der Waals surface area (Å²) < 4.78 is 0.254. The van der Waals surface area contributed by atoms with Crippen molar-refractivity contribution < 1.29 is 15.6 Å². The molecule has 8 rings (SSSR count). The van der Waals surface area contributed by atoms with E-state index in [1.54, 1.807) is 5.57 Å². The van der Waals surface area contributed by atoms with Crippen LogP contribution in [0.3, 0.4) is 0 Å². The van der Waals surface area contributed by atoms with E-state index in [2.05, 4.69) is 138 Å². The molecule has 0 aliphatic heterocycles. The average Bonchev–Trinajstić information content (AvgIpc) is 3.89. The van der Waals surface area contributed by atoms with Crippen molar-refractivity contribution in [1.29, 1.82) is 0 Å².